The number of primary amides is 1. The third-order valence-electron chi connectivity index (χ3n) is 2.56. The Morgan fingerprint density at radius 3 is 2.15 bits per heavy atom. The molecule has 0 radical (unpaired) electrons. The van der Waals surface area contributed by atoms with Gasteiger partial charge in [0.1, 0.15) is 0 Å². The fourth-order valence-corrected chi connectivity index (χ4v) is 1.49. The van der Waals surface area contributed by atoms with Gasteiger partial charge >= 0.3 is 0 Å². The second kappa shape index (κ2) is 5.73. The van der Waals surface area contributed by atoms with Crippen molar-refractivity contribution in [3.05, 3.63) is 23.8 Å². The Balaban J connectivity index is 3.28. The van der Waals surface area contributed by atoms with Crippen LogP contribution in [0.25, 0.3) is 0 Å². The third-order valence-corrected chi connectivity index (χ3v) is 2.56. The zero-order chi connectivity index (χ0) is 15.5. The van der Waals surface area contributed by atoms with E-state index in [9.17, 15) is 14.4 Å². The number of para-hydroxylation sites is 1. The molecular weight excluding hydrogens is 258 g/mol. The monoisotopic (exact) mass is 277 g/mol. The van der Waals surface area contributed by atoms with Gasteiger partial charge in [-0.3, -0.25) is 14.4 Å². The van der Waals surface area contributed by atoms with Crippen LogP contribution in [-0.4, -0.2) is 17.7 Å². The van der Waals surface area contributed by atoms with Crippen LogP contribution in [-0.2, 0) is 9.59 Å². The van der Waals surface area contributed by atoms with Gasteiger partial charge in [0.25, 0.3) is 5.91 Å². The van der Waals surface area contributed by atoms with Gasteiger partial charge < -0.3 is 16.4 Å². The molecule has 1 aromatic rings. The molecule has 0 saturated carbocycles. The number of nitrogens with two attached hydrogens (primary N) is 1. The van der Waals surface area contributed by atoms with Crippen LogP contribution in [0.4, 0.5) is 11.4 Å². The molecule has 0 heterocycles. The van der Waals surface area contributed by atoms with Crippen LogP contribution in [0.15, 0.2) is 18.2 Å². The predicted molar refractivity (Wildman–Crippen MR) is 77.3 cm³/mol. The molecule has 0 bridgehead atoms. The lowest BCUT2D eigenvalue weighted by Crippen LogP contribution is -2.29. The number of hydrogen-bond acceptors (Lipinski definition) is 3. The Morgan fingerprint density at radius 2 is 1.70 bits per heavy atom. The van der Waals surface area contributed by atoms with E-state index >= 15 is 0 Å². The number of benzene rings is 1. The van der Waals surface area contributed by atoms with E-state index in [0.717, 1.165) is 0 Å². The molecular formula is C14H19N3O3. The van der Waals surface area contributed by atoms with Crippen molar-refractivity contribution in [3.63, 3.8) is 0 Å². The summed E-state index contributed by atoms with van der Waals surface area (Å²) in [6.07, 6.45) is 0. The van der Waals surface area contributed by atoms with Gasteiger partial charge in [-0.05, 0) is 12.1 Å². The summed E-state index contributed by atoms with van der Waals surface area (Å²) in [7, 11) is 0. The minimum absolute atomic E-state index is 0.147. The maximum atomic E-state index is 12.1. The van der Waals surface area contributed by atoms with E-state index in [0.29, 0.717) is 5.69 Å². The summed E-state index contributed by atoms with van der Waals surface area (Å²) in [5.41, 5.74) is 5.36. The summed E-state index contributed by atoms with van der Waals surface area (Å²) < 4.78 is 0. The zero-order valence-electron chi connectivity index (χ0n) is 12.0. The van der Waals surface area contributed by atoms with Crippen LogP contribution in [0, 0.1) is 5.41 Å². The number of anilines is 2. The van der Waals surface area contributed by atoms with Crippen LogP contribution >= 0.6 is 0 Å². The molecule has 0 atom stereocenters. The highest BCUT2D eigenvalue weighted by molar-refractivity contribution is 6.09. The topological polar surface area (TPSA) is 101 Å². The van der Waals surface area contributed by atoms with Crippen LogP contribution in [0.5, 0.6) is 0 Å². The Morgan fingerprint density at radius 1 is 1.10 bits per heavy atom. The zero-order valence-corrected chi connectivity index (χ0v) is 12.0. The van der Waals surface area contributed by atoms with Crippen LogP contribution < -0.4 is 16.4 Å². The molecule has 4 N–H and O–H groups in total. The lowest BCUT2D eigenvalue weighted by molar-refractivity contribution is -0.123. The minimum atomic E-state index is -0.679. The molecule has 1 aromatic carbocycles. The van der Waals surface area contributed by atoms with Gasteiger partial charge in [0.2, 0.25) is 11.8 Å². The predicted octanol–water partition coefficient (Wildman–Crippen LogP) is 1.73. The van der Waals surface area contributed by atoms with E-state index < -0.39 is 11.3 Å². The van der Waals surface area contributed by atoms with Crippen molar-refractivity contribution in [1.29, 1.82) is 0 Å². The first-order valence-electron chi connectivity index (χ1n) is 6.15. The van der Waals surface area contributed by atoms with E-state index in [4.69, 9.17) is 5.73 Å². The summed E-state index contributed by atoms with van der Waals surface area (Å²) in [6.45, 7) is 6.57. The molecule has 0 aliphatic carbocycles. The number of carbonyl (C=O) groups excluding carboxylic acids is 3. The molecule has 3 amide bonds. The van der Waals surface area contributed by atoms with Gasteiger partial charge in [-0.15, -0.1) is 0 Å². The van der Waals surface area contributed by atoms with Crippen molar-refractivity contribution in [1.82, 2.24) is 0 Å². The van der Waals surface area contributed by atoms with E-state index in [-0.39, 0.29) is 23.1 Å². The Bertz CT molecular complexity index is 559. The van der Waals surface area contributed by atoms with Crippen LogP contribution in [0.2, 0.25) is 0 Å². The lowest BCUT2D eigenvalue weighted by atomic mass is 9.95. The molecule has 0 saturated heterocycles. The Hall–Kier alpha value is -2.37. The van der Waals surface area contributed by atoms with Crippen molar-refractivity contribution >= 4 is 29.1 Å². The van der Waals surface area contributed by atoms with E-state index in [2.05, 4.69) is 10.6 Å². The van der Waals surface area contributed by atoms with Gasteiger partial charge in [0.15, 0.2) is 0 Å². The van der Waals surface area contributed by atoms with E-state index in [1.807, 2.05) is 0 Å². The van der Waals surface area contributed by atoms with Gasteiger partial charge in [-0.2, -0.15) is 0 Å². The summed E-state index contributed by atoms with van der Waals surface area (Å²) in [6, 6.07) is 4.66. The van der Waals surface area contributed by atoms with Crippen molar-refractivity contribution < 1.29 is 14.4 Å². The van der Waals surface area contributed by atoms with Gasteiger partial charge in [0, 0.05) is 12.3 Å². The molecule has 6 heteroatoms. The summed E-state index contributed by atoms with van der Waals surface area (Å²) in [4.78, 5) is 34.7. The lowest BCUT2D eigenvalue weighted by Gasteiger charge is -2.21. The number of hydrogen-bond donors (Lipinski definition) is 3. The molecule has 0 spiro atoms. The maximum absolute atomic E-state index is 12.1. The van der Waals surface area contributed by atoms with Crippen LogP contribution in [0.1, 0.15) is 38.1 Å². The SMILES string of the molecule is CC(=O)Nc1cccc(C(N)=O)c1NC(=O)C(C)(C)C. The first-order valence-corrected chi connectivity index (χ1v) is 6.15. The average molecular weight is 277 g/mol. The Labute approximate surface area is 117 Å². The number of nitrogens with one attached hydrogen (secondary N) is 2. The van der Waals surface area contributed by atoms with Crippen molar-refractivity contribution in [2.75, 3.05) is 10.6 Å². The van der Waals surface area contributed by atoms with Crippen molar-refractivity contribution in [2.45, 2.75) is 27.7 Å². The molecule has 0 aliphatic rings. The standard InChI is InChI=1S/C14H19N3O3/c1-8(18)16-10-7-5-6-9(12(15)19)11(10)17-13(20)14(2,3)4/h5-7H,1-4H3,(H2,15,19)(H,16,18)(H,17,20). The van der Waals surface area contributed by atoms with Gasteiger partial charge in [-0.25, -0.2) is 0 Å². The Kier molecular flexibility index (Phi) is 4.49. The number of rotatable bonds is 3. The molecule has 0 aromatic heterocycles. The van der Waals surface area contributed by atoms with Crippen molar-refractivity contribution in [2.24, 2.45) is 11.1 Å². The third kappa shape index (κ3) is 3.81. The number of carbonyl (C=O) groups is 3. The quantitative estimate of drug-likeness (QED) is 0.784. The molecule has 1 rings (SSSR count). The molecule has 0 fully saturated rings. The summed E-state index contributed by atoms with van der Waals surface area (Å²) in [5.74, 6) is -1.27. The average Bonchev–Trinajstić information content (AvgIpc) is 2.28. The second-order valence-corrected chi connectivity index (χ2v) is 5.48. The molecule has 0 unspecified atom stereocenters. The molecule has 108 valence electrons. The summed E-state index contributed by atoms with van der Waals surface area (Å²) >= 11 is 0. The van der Waals surface area contributed by atoms with E-state index in [1.165, 1.54) is 13.0 Å². The van der Waals surface area contributed by atoms with E-state index in [1.54, 1.807) is 32.9 Å². The highest BCUT2D eigenvalue weighted by atomic mass is 16.2. The van der Waals surface area contributed by atoms with Crippen molar-refractivity contribution in [3.8, 4) is 0 Å². The smallest absolute Gasteiger partial charge is 0.250 e. The minimum Gasteiger partial charge on any atom is -0.366 e. The largest absolute Gasteiger partial charge is 0.366 e. The molecule has 0 aliphatic heterocycles. The first kappa shape index (κ1) is 15.7. The highest BCUT2D eigenvalue weighted by Crippen LogP contribution is 2.28. The normalized spacial score (nSPS) is 10.8. The fourth-order valence-electron chi connectivity index (χ4n) is 1.49. The molecule has 20 heavy (non-hydrogen) atoms. The maximum Gasteiger partial charge on any atom is 0.250 e. The molecule has 6 nitrogen and oxygen atoms in total. The van der Waals surface area contributed by atoms with Gasteiger partial charge in [0.05, 0.1) is 16.9 Å². The van der Waals surface area contributed by atoms with Gasteiger partial charge in [-0.1, -0.05) is 26.8 Å². The number of amides is 3. The highest BCUT2D eigenvalue weighted by Gasteiger charge is 2.24. The first-order chi connectivity index (χ1) is 9.12. The fraction of sp³-hybridized carbons (Fsp3) is 0.357. The second-order valence-electron chi connectivity index (χ2n) is 5.48. The summed E-state index contributed by atoms with van der Waals surface area (Å²) in [5, 5.41) is 5.22. The van der Waals surface area contributed by atoms with Crippen LogP contribution in [0.3, 0.4) is 0 Å².